The Kier molecular flexibility index (Phi) is 3.80. The van der Waals surface area contributed by atoms with E-state index in [1.165, 1.54) is 42.4 Å². The molecule has 0 bridgehead atoms. The molecule has 0 aliphatic heterocycles. The van der Waals surface area contributed by atoms with Crippen LogP contribution in [0.5, 0.6) is 0 Å². The molecule has 2 heteroatoms. The first-order valence-electron chi connectivity index (χ1n) is 9.15. The van der Waals surface area contributed by atoms with Crippen LogP contribution in [0.25, 0.3) is 42.6 Å². The zero-order chi connectivity index (χ0) is 18.4. The maximum absolute atomic E-state index is 4.79. The van der Waals surface area contributed by atoms with Gasteiger partial charge in [0.1, 0.15) is 0 Å². The summed E-state index contributed by atoms with van der Waals surface area (Å²) < 4.78 is 2.61. The molecule has 3 aromatic carbocycles. The summed E-state index contributed by atoms with van der Waals surface area (Å²) >= 11 is 1.84. The Balaban J connectivity index is 1.66. The summed E-state index contributed by atoms with van der Waals surface area (Å²) in [6.07, 6.45) is 2.02. The first-order valence-corrected chi connectivity index (χ1v) is 9.97. The zero-order valence-electron chi connectivity index (χ0n) is 15.4. The van der Waals surface area contributed by atoms with E-state index in [0.717, 1.165) is 11.3 Å². The predicted octanol–water partition coefficient (Wildman–Crippen LogP) is 7.40. The molecule has 5 aromatic rings. The third-order valence-corrected chi connectivity index (χ3v) is 6.32. The third kappa shape index (κ3) is 2.73. The van der Waals surface area contributed by atoms with Crippen molar-refractivity contribution in [3.05, 3.63) is 90.1 Å². The van der Waals surface area contributed by atoms with Crippen molar-refractivity contribution in [3.8, 4) is 22.4 Å². The molecule has 0 spiro atoms. The molecule has 0 radical (unpaired) electrons. The smallest absolute Gasteiger partial charge is 0.0716 e. The lowest BCUT2D eigenvalue weighted by molar-refractivity contribution is 1.35. The Morgan fingerprint density at radius 3 is 2.26 bits per heavy atom. The van der Waals surface area contributed by atoms with Crippen LogP contribution in [0.3, 0.4) is 0 Å². The number of aromatic nitrogens is 1. The molecule has 0 unspecified atom stereocenters. The van der Waals surface area contributed by atoms with Crippen molar-refractivity contribution in [3.63, 3.8) is 0 Å². The SMILES string of the molecule is Cc1cccc(C)c1-c1cccc(-c2cc3sc4ccccc4c3cn2)c1. The first kappa shape index (κ1) is 16.2. The van der Waals surface area contributed by atoms with Gasteiger partial charge >= 0.3 is 0 Å². The van der Waals surface area contributed by atoms with E-state index >= 15 is 0 Å². The number of hydrogen-bond donors (Lipinski definition) is 0. The van der Waals surface area contributed by atoms with Crippen LogP contribution in [0.15, 0.2) is 79.0 Å². The van der Waals surface area contributed by atoms with Crippen molar-refractivity contribution in [1.82, 2.24) is 4.98 Å². The number of nitrogens with zero attached hydrogens (tertiary/aromatic N) is 1. The average molecular weight is 366 g/mol. The Hall–Kier alpha value is -2.97. The highest BCUT2D eigenvalue weighted by Gasteiger charge is 2.10. The minimum atomic E-state index is 1.03. The summed E-state index contributed by atoms with van der Waals surface area (Å²) in [6, 6.07) is 26.0. The molecule has 5 rings (SSSR count). The number of benzene rings is 3. The van der Waals surface area contributed by atoms with Gasteiger partial charge in [-0.1, -0.05) is 54.6 Å². The number of pyridine rings is 1. The monoisotopic (exact) mass is 365 g/mol. The van der Waals surface area contributed by atoms with E-state index in [1.807, 2.05) is 17.5 Å². The molecule has 1 nitrogen and oxygen atoms in total. The molecular formula is C25H19NS. The van der Waals surface area contributed by atoms with Crippen LogP contribution in [-0.2, 0) is 0 Å². The number of rotatable bonds is 2. The second kappa shape index (κ2) is 6.33. The molecular weight excluding hydrogens is 346 g/mol. The first-order chi connectivity index (χ1) is 13.2. The lowest BCUT2D eigenvalue weighted by Crippen LogP contribution is -1.89. The molecule has 2 heterocycles. The lowest BCUT2D eigenvalue weighted by atomic mass is 9.94. The minimum Gasteiger partial charge on any atom is -0.256 e. The van der Waals surface area contributed by atoms with Crippen LogP contribution in [0, 0.1) is 13.8 Å². The van der Waals surface area contributed by atoms with Crippen molar-refractivity contribution >= 4 is 31.5 Å². The average Bonchev–Trinajstić information content (AvgIpc) is 3.06. The van der Waals surface area contributed by atoms with Gasteiger partial charge in [-0.2, -0.15) is 0 Å². The Morgan fingerprint density at radius 1 is 0.667 bits per heavy atom. The van der Waals surface area contributed by atoms with Gasteiger partial charge in [0.25, 0.3) is 0 Å². The Morgan fingerprint density at radius 2 is 1.41 bits per heavy atom. The number of hydrogen-bond acceptors (Lipinski definition) is 2. The molecule has 0 amide bonds. The van der Waals surface area contributed by atoms with Crippen LogP contribution < -0.4 is 0 Å². The largest absolute Gasteiger partial charge is 0.256 e. The maximum Gasteiger partial charge on any atom is 0.0716 e. The zero-order valence-corrected chi connectivity index (χ0v) is 16.2. The maximum atomic E-state index is 4.79. The van der Waals surface area contributed by atoms with Gasteiger partial charge in [-0.05, 0) is 54.3 Å². The van der Waals surface area contributed by atoms with Gasteiger partial charge in [-0.25, -0.2) is 0 Å². The van der Waals surface area contributed by atoms with Crippen molar-refractivity contribution in [1.29, 1.82) is 0 Å². The normalized spacial score (nSPS) is 11.3. The standard InChI is InChI=1S/C25H19NS/c1-16-7-5-8-17(2)25(16)19-10-6-9-18(13-19)22-14-24-21(15-26-22)20-11-3-4-12-23(20)27-24/h3-15H,1-2H3. The van der Waals surface area contributed by atoms with Gasteiger partial charge in [-0.15, -0.1) is 11.3 Å². The van der Waals surface area contributed by atoms with Crippen LogP contribution in [0.2, 0.25) is 0 Å². The van der Waals surface area contributed by atoms with E-state index in [4.69, 9.17) is 4.98 Å². The van der Waals surface area contributed by atoms with Gasteiger partial charge in [0, 0.05) is 31.9 Å². The minimum absolute atomic E-state index is 1.03. The topological polar surface area (TPSA) is 12.9 Å². The summed E-state index contributed by atoms with van der Waals surface area (Å²) in [6.45, 7) is 4.35. The number of thiophene rings is 1. The third-order valence-electron chi connectivity index (χ3n) is 5.19. The molecule has 0 saturated heterocycles. The molecule has 0 aliphatic carbocycles. The molecule has 27 heavy (non-hydrogen) atoms. The molecule has 0 N–H and O–H groups in total. The van der Waals surface area contributed by atoms with Crippen LogP contribution in [-0.4, -0.2) is 4.98 Å². The fraction of sp³-hybridized carbons (Fsp3) is 0.0800. The summed E-state index contributed by atoms with van der Waals surface area (Å²) in [5.41, 5.74) is 7.38. The molecule has 0 atom stereocenters. The second-order valence-electron chi connectivity index (χ2n) is 7.01. The predicted molar refractivity (Wildman–Crippen MR) is 117 cm³/mol. The fourth-order valence-electron chi connectivity index (χ4n) is 3.88. The van der Waals surface area contributed by atoms with E-state index in [0.29, 0.717) is 0 Å². The highest BCUT2D eigenvalue weighted by atomic mass is 32.1. The van der Waals surface area contributed by atoms with Crippen molar-refractivity contribution in [2.45, 2.75) is 13.8 Å². The van der Waals surface area contributed by atoms with Gasteiger partial charge in [0.2, 0.25) is 0 Å². The second-order valence-corrected chi connectivity index (χ2v) is 8.10. The van der Waals surface area contributed by atoms with E-state index in [2.05, 4.69) is 86.6 Å². The van der Waals surface area contributed by atoms with E-state index < -0.39 is 0 Å². The van der Waals surface area contributed by atoms with Gasteiger partial charge < -0.3 is 0 Å². The van der Waals surface area contributed by atoms with Crippen LogP contribution >= 0.6 is 11.3 Å². The highest BCUT2D eigenvalue weighted by molar-refractivity contribution is 7.25. The summed E-state index contributed by atoms with van der Waals surface area (Å²) in [5.74, 6) is 0. The fourth-order valence-corrected chi connectivity index (χ4v) is 5.00. The van der Waals surface area contributed by atoms with Crippen LogP contribution in [0.4, 0.5) is 0 Å². The van der Waals surface area contributed by atoms with Crippen molar-refractivity contribution < 1.29 is 0 Å². The van der Waals surface area contributed by atoms with Gasteiger partial charge in [0.05, 0.1) is 5.69 Å². The summed E-state index contributed by atoms with van der Waals surface area (Å²) in [5, 5.41) is 2.53. The highest BCUT2D eigenvalue weighted by Crippen LogP contribution is 2.36. The van der Waals surface area contributed by atoms with Crippen molar-refractivity contribution in [2.75, 3.05) is 0 Å². The molecule has 2 aromatic heterocycles. The molecule has 0 saturated carbocycles. The molecule has 0 aliphatic rings. The van der Waals surface area contributed by atoms with E-state index in [9.17, 15) is 0 Å². The quantitative estimate of drug-likeness (QED) is 0.317. The van der Waals surface area contributed by atoms with Crippen LogP contribution in [0.1, 0.15) is 11.1 Å². The van der Waals surface area contributed by atoms with E-state index in [1.54, 1.807) is 0 Å². The number of aryl methyl sites for hydroxylation is 2. The van der Waals surface area contributed by atoms with Crippen molar-refractivity contribution in [2.24, 2.45) is 0 Å². The summed E-state index contributed by atoms with van der Waals surface area (Å²) in [4.78, 5) is 4.79. The molecule has 0 fully saturated rings. The number of fused-ring (bicyclic) bond motifs is 3. The Bertz CT molecular complexity index is 1280. The summed E-state index contributed by atoms with van der Waals surface area (Å²) in [7, 11) is 0. The Labute approximate surface area is 162 Å². The van der Waals surface area contributed by atoms with Gasteiger partial charge in [0.15, 0.2) is 0 Å². The van der Waals surface area contributed by atoms with E-state index in [-0.39, 0.29) is 0 Å². The van der Waals surface area contributed by atoms with Gasteiger partial charge in [-0.3, -0.25) is 4.98 Å². The molecule has 130 valence electrons. The lowest BCUT2D eigenvalue weighted by Gasteiger charge is -2.11.